The number of hydrogen-bond donors (Lipinski definition) is 3. The van der Waals surface area contributed by atoms with Crippen LogP contribution in [0, 0.1) is 17.8 Å². The summed E-state index contributed by atoms with van der Waals surface area (Å²) in [6.07, 6.45) is 10.3. The van der Waals surface area contributed by atoms with Crippen molar-refractivity contribution >= 4 is 41.0 Å². The van der Waals surface area contributed by atoms with Gasteiger partial charge >= 0.3 is 0 Å². The van der Waals surface area contributed by atoms with Crippen molar-refractivity contribution in [2.45, 2.75) is 76.4 Å². The molecule has 178 valence electrons. The van der Waals surface area contributed by atoms with Crippen LogP contribution in [-0.4, -0.2) is 49.6 Å². The third kappa shape index (κ3) is 4.48. The first kappa shape index (κ1) is 22.6. The van der Waals surface area contributed by atoms with Gasteiger partial charge in [0.05, 0.1) is 18.1 Å². The van der Waals surface area contributed by atoms with Gasteiger partial charge in [0.2, 0.25) is 5.91 Å². The number of carbonyl (C=O) groups excluding carboxylic acids is 1. The number of aliphatic imine (C=N–C) groups is 1. The standard InChI is InChI=1S/C26H35N3O3S/c1-16(2)29-23(9-24(32)27-22-4-3-20(13-30)21(8-22)14-31)15-33-25(29)28-26-10-17-5-18(11-26)7-19(6-17)12-26/h3-4,8,13-14,16-19,23,30-31H,5-7,9-12,15H2,1-2H3,(H,27,32). The van der Waals surface area contributed by atoms with Crippen LogP contribution >= 0.6 is 11.8 Å². The van der Waals surface area contributed by atoms with Gasteiger partial charge in [-0.1, -0.05) is 11.8 Å². The van der Waals surface area contributed by atoms with Gasteiger partial charge in [-0.05, 0) is 88.3 Å². The fourth-order valence-corrected chi connectivity index (χ4v) is 8.47. The molecule has 5 fully saturated rings. The summed E-state index contributed by atoms with van der Waals surface area (Å²) in [4.78, 5) is 20.7. The van der Waals surface area contributed by atoms with Crippen LogP contribution in [-0.2, 0) is 4.79 Å². The van der Waals surface area contributed by atoms with E-state index < -0.39 is 0 Å². The molecule has 0 spiro atoms. The fraction of sp³-hybridized carbons (Fsp3) is 0.615. The van der Waals surface area contributed by atoms with Crippen LogP contribution in [0.25, 0.3) is 12.5 Å². The van der Waals surface area contributed by atoms with E-state index in [1.165, 1.54) is 38.5 Å². The summed E-state index contributed by atoms with van der Waals surface area (Å²) in [6, 6.07) is 5.47. The maximum atomic E-state index is 12.9. The Kier molecular flexibility index (Phi) is 6.10. The van der Waals surface area contributed by atoms with E-state index in [-0.39, 0.29) is 17.5 Å². The molecule has 1 heterocycles. The van der Waals surface area contributed by atoms with Crippen LogP contribution in [0.3, 0.4) is 0 Å². The van der Waals surface area contributed by atoms with Gasteiger partial charge in [-0.15, -0.1) is 0 Å². The summed E-state index contributed by atoms with van der Waals surface area (Å²) in [5.74, 6) is 3.45. The lowest BCUT2D eigenvalue weighted by molar-refractivity contribution is -0.117. The van der Waals surface area contributed by atoms with Crippen LogP contribution in [0.4, 0.5) is 5.69 Å². The Hall–Kier alpha value is -2.15. The first-order chi connectivity index (χ1) is 15.9. The summed E-state index contributed by atoms with van der Waals surface area (Å²) in [7, 11) is 0. The predicted molar refractivity (Wildman–Crippen MR) is 135 cm³/mol. The molecule has 4 aliphatic carbocycles. The van der Waals surface area contributed by atoms with Crippen molar-refractivity contribution in [1.29, 1.82) is 0 Å². The normalized spacial score (nSPS) is 35.2. The Morgan fingerprint density at radius 3 is 2.36 bits per heavy atom. The Labute approximate surface area is 199 Å². The first-order valence-corrected chi connectivity index (χ1v) is 13.3. The van der Waals surface area contributed by atoms with Crippen molar-refractivity contribution in [3.8, 4) is 0 Å². The smallest absolute Gasteiger partial charge is 0.226 e. The molecule has 1 unspecified atom stereocenters. The zero-order chi connectivity index (χ0) is 23.2. The van der Waals surface area contributed by atoms with E-state index in [1.54, 1.807) is 18.2 Å². The molecule has 1 aliphatic heterocycles. The number of anilines is 1. The summed E-state index contributed by atoms with van der Waals surface area (Å²) in [5, 5.41) is 23.7. The van der Waals surface area contributed by atoms with Gasteiger partial charge in [-0.2, -0.15) is 0 Å². The van der Waals surface area contributed by atoms with E-state index in [1.807, 2.05) is 11.8 Å². The highest BCUT2D eigenvalue weighted by Gasteiger charge is 2.51. The highest BCUT2D eigenvalue weighted by atomic mass is 32.2. The second kappa shape index (κ2) is 8.90. The number of aliphatic hydroxyl groups is 2. The molecule has 5 aliphatic rings. The lowest BCUT2D eigenvalue weighted by atomic mass is 9.53. The number of rotatable bonds is 5. The molecule has 33 heavy (non-hydrogen) atoms. The largest absolute Gasteiger partial charge is 0.515 e. The zero-order valence-corrected chi connectivity index (χ0v) is 20.4. The number of aliphatic hydroxyl groups excluding tert-OH is 2. The summed E-state index contributed by atoms with van der Waals surface area (Å²) in [6.45, 7) is 4.39. The molecule has 4 saturated carbocycles. The molecule has 0 radical (unpaired) electrons. The number of benzene rings is 1. The maximum absolute atomic E-state index is 12.9. The number of nitrogens with zero attached hydrogens (tertiary/aromatic N) is 2. The second-order valence-electron chi connectivity index (χ2n) is 10.9. The van der Waals surface area contributed by atoms with Crippen LogP contribution in [0.2, 0.25) is 0 Å². The lowest BCUT2D eigenvalue weighted by Gasteiger charge is -2.55. The van der Waals surface area contributed by atoms with Crippen LogP contribution in [0.5, 0.6) is 0 Å². The molecule has 4 bridgehead atoms. The van der Waals surface area contributed by atoms with E-state index >= 15 is 0 Å². The zero-order valence-electron chi connectivity index (χ0n) is 19.5. The molecular weight excluding hydrogens is 434 g/mol. The lowest BCUT2D eigenvalue weighted by Crippen LogP contribution is -2.50. The second-order valence-corrected chi connectivity index (χ2v) is 11.8. The Bertz CT molecular complexity index is 1030. The molecule has 3 N–H and O–H groups in total. The fourth-order valence-electron chi connectivity index (χ4n) is 7.08. The number of nitrogens with one attached hydrogen (secondary N) is 1. The van der Waals surface area contributed by atoms with E-state index in [9.17, 15) is 15.0 Å². The summed E-state index contributed by atoms with van der Waals surface area (Å²) in [5.41, 5.74) is 0.749. The Balaban J connectivity index is 1.30. The van der Waals surface area contributed by atoms with Gasteiger partial charge in [-0.25, -0.2) is 0 Å². The van der Waals surface area contributed by atoms with Gasteiger partial charge in [0.15, 0.2) is 5.17 Å². The average Bonchev–Trinajstić information content (AvgIpc) is 3.13. The van der Waals surface area contributed by atoms with E-state index in [2.05, 4.69) is 24.1 Å². The molecule has 6 nitrogen and oxygen atoms in total. The van der Waals surface area contributed by atoms with E-state index in [0.717, 1.165) is 41.2 Å². The molecule has 7 heteroatoms. The van der Waals surface area contributed by atoms with Crippen LogP contribution in [0.1, 0.15) is 58.8 Å². The number of hydrogen-bond acceptors (Lipinski definition) is 5. The SMILES string of the molecule is CC(C)N1C(=NC23CC4CC(CC(C4)C2)C3)SCC1CC(=O)Nc1ccc(=CO)c(=CO)c1. The highest BCUT2D eigenvalue weighted by Crippen LogP contribution is 2.57. The number of amidine groups is 1. The Morgan fingerprint density at radius 2 is 1.79 bits per heavy atom. The van der Waals surface area contributed by atoms with Crippen molar-refractivity contribution in [2.75, 3.05) is 11.1 Å². The number of amides is 1. The Morgan fingerprint density at radius 1 is 1.15 bits per heavy atom. The highest BCUT2D eigenvalue weighted by molar-refractivity contribution is 8.14. The van der Waals surface area contributed by atoms with Crippen molar-refractivity contribution in [1.82, 2.24) is 4.90 Å². The third-order valence-corrected chi connectivity index (χ3v) is 9.10. The molecule has 6 rings (SSSR count). The molecule has 1 saturated heterocycles. The average molecular weight is 470 g/mol. The predicted octanol–water partition coefficient (Wildman–Crippen LogP) is 3.76. The van der Waals surface area contributed by atoms with Crippen LogP contribution in [0.15, 0.2) is 23.2 Å². The maximum Gasteiger partial charge on any atom is 0.226 e. The third-order valence-electron chi connectivity index (χ3n) is 7.98. The van der Waals surface area contributed by atoms with Gasteiger partial charge in [-0.3, -0.25) is 9.79 Å². The molecule has 1 aromatic carbocycles. The minimum Gasteiger partial charge on any atom is -0.515 e. The quantitative estimate of drug-likeness (QED) is 0.612. The van der Waals surface area contributed by atoms with E-state index in [0.29, 0.717) is 28.6 Å². The molecule has 1 atom stereocenters. The van der Waals surface area contributed by atoms with Crippen molar-refractivity contribution < 1.29 is 15.0 Å². The van der Waals surface area contributed by atoms with E-state index in [4.69, 9.17) is 4.99 Å². The monoisotopic (exact) mass is 469 g/mol. The van der Waals surface area contributed by atoms with Gasteiger partial charge < -0.3 is 20.4 Å². The van der Waals surface area contributed by atoms with Gasteiger partial charge in [0, 0.05) is 40.4 Å². The van der Waals surface area contributed by atoms with Crippen molar-refractivity contribution in [3.05, 3.63) is 28.6 Å². The minimum atomic E-state index is -0.0491. The summed E-state index contributed by atoms with van der Waals surface area (Å²) < 4.78 is 0. The number of carbonyl (C=O) groups is 1. The first-order valence-electron chi connectivity index (χ1n) is 12.3. The number of thioether (sulfide) groups is 1. The van der Waals surface area contributed by atoms with Gasteiger partial charge in [0.1, 0.15) is 0 Å². The topological polar surface area (TPSA) is 85.2 Å². The van der Waals surface area contributed by atoms with Gasteiger partial charge in [0.25, 0.3) is 0 Å². The minimum absolute atomic E-state index is 0.0491. The summed E-state index contributed by atoms with van der Waals surface area (Å²) >= 11 is 1.82. The van der Waals surface area contributed by atoms with Crippen molar-refractivity contribution in [2.24, 2.45) is 22.7 Å². The van der Waals surface area contributed by atoms with Crippen LogP contribution < -0.4 is 15.8 Å². The van der Waals surface area contributed by atoms with Crippen molar-refractivity contribution in [3.63, 3.8) is 0 Å². The molecule has 1 amide bonds. The molecular formula is C26H35N3O3S. The molecule has 0 aromatic heterocycles. The molecule has 1 aromatic rings.